The average molecular weight is 1070 g/mol. The summed E-state index contributed by atoms with van der Waals surface area (Å²) in [6.45, 7) is 2.33. The number of allylic oxidation sites excluding steroid dienone is 1. The number of benzene rings is 11. The Morgan fingerprint density at radius 1 is 0.345 bits per heavy atom. The Balaban J connectivity index is 0.870. The topological polar surface area (TPSA) is 24.6 Å². The average Bonchev–Trinajstić information content (AvgIpc) is 2.60. The third-order valence-electron chi connectivity index (χ3n) is 18.1. The summed E-state index contributed by atoms with van der Waals surface area (Å²) in [5.41, 5.74) is 23.3. The van der Waals surface area contributed by atoms with Gasteiger partial charge in [0.1, 0.15) is 0 Å². The maximum absolute atomic E-state index is 3.45. The van der Waals surface area contributed by atoms with Crippen molar-refractivity contribution in [3.8, 4) is 50.7 Å². The summed E-state index contributed by atoms with van der Waals surface area (Å²) >= 11 is 0. The van der Waals surface area contributed by atoms with Crippen molar-refractivity contribution in [3.63, 3.8) is 0 Å². The van der Waals surface area contributed by atoms with Crippen molar-refractivity contribution in [2.75, 3.05) is 0 Å². The van der Waals surface area contributed by atoms with Gasteiger partial charge in [-0.25, -0.2) is 0 Å². The molecule has 0 bridgehead atoms. The van der Waals surface area contributed by atoms with Crippen LogP contribution >= 0.6 is 0 Å². The van der Waals surface area contributed by atoms with Gasteiger partial charge >= 0.3 is 0 Å². The number of fused-ring (bicyclic) bond motifs is 15. The monoisotopic (exact) mass is 1070 g/mol. The van der Waals surface area contributed by atoms with Gasteiger partial charge in [-0.2, -0.15) is 0 Å². The normalized spacial score (nSPS) is 13.5. The van der Waals surface area contributed by atoms with Gasteiger partial charge in [0.05, 0.1) is 83.5 Å². The number of para-hydroxylation sites is 8. The molecule has 0 N–H and O–H groups in total. The summed E-state index contributed by atoms with van der Waals surface area (Å²) in [4.78, 5) is 0. The number of hydrogen-bond donors (Lipinski definition) is 0. The standard InChI is InChI=1S/C79H51N5/c1-50-41-43-64-62-27-4-13-33-69(62)81(77(64)45-50)53-47-52(80-67-31-11-2-21-56(67)57-22-3-12-32-68(57)80)48-54(49-53)82-70-34-14-5-28-63(70)65-44-42-51(46-78(65)82)55-30-20-40-76-79(55)66-29-10-19-39-75(66)84(76)74-38-18-9-26-61(74)60-25-8-17-37-73(60)83-71-35-15-6-23-58(71)59-24-7-16-36-72(59)83/h2-6,8-23,25-44,46-50H,45H2,1H3. The van der Waals surface area contributed by atoms with Crippen molar-refractivity contribution in [2.24, 2.45) is 5.92 Å². The van der Waals surface area contributed by atoms with Crippen molar-refractivity contribution >= 4 is 104 Å². The van der Waals surface area contributed by atoms with Crippen LogP contribution in [-0.4, -0.2) is 22.8 Å². The van der Waals surface area contributed by atoms with Crippen LogP contribution < -0.4 is 0 Å². The van der Waals surface area contributed by atoms with E-state index in [1.165, 1.54) is 71.1 Å². The summed E-state index contributed by atoms with van der Waals surface area (Å²) in [6.07, 6.45) is 5.69. The zero-order valence-corrected chi connectivity index (χ0v) is 46.0. The maximum Gasteiger partial charge on any atom is 0.0632 e. The Morgan fingerprint density at radius 3 is 1.43 bits per heavy atom. The van der Waals surface area contributed by atoms with Gasteiger partial charge in [-0.3, -0.25) is 0 Å². The third kappa shape index (κ3) is 6.68. The first-order valence-corrected chi connectivity index (χ1v) is 29.1. The molecule has 5 nitrogen and oxygen atoms in total. The van der Waals surface area contributed by atoms with Crippen LogP contribution in [0.3, 0.4) is 0 Å². The fourth-order valence-electron chi connectivity index (χ4n) is 14.6. The molecule has 1 aliphatic rings. The molecule has 392 valence electrons. The first kappa shape index (κ1) is 46.7. The van der Waals surface area contributed by atoms with Crippen LogP contribution in [0.5, 0.6) is 0 Å². The second-order valence-corrected chi connectivity index (χ2v) is 22.7. The quantitative estimate of drug-likeness (QED) is 0.152. The SMILES string of the molecule is CC1C=Cc2c(n(-c3cc(-n4c5ccccc5c5ccccc54)cc(-n4c5ccccc5c5ccc(-c6cccc7c6c6ccccc6n7-c6ccccc6-c6ccccc6-n6c7ccc#cc7c7ccccc76)cc54)c3)c3ccccc23)C1. The number of aromatic nitrogens is 5. The summed E-state index contributed by atoms with van der Waals surface area (Å²) in [7, 11) is 0. The van der Waals surface area contributed by atoms with Crippen LogP contribution in [0.25, 0.3) is 155 Å². The second kappa shape index (κ2) is 18.0. The predicted octanol–water partition coefficient (Wildman–Crippen LogP) is 20.2. The van der Waals surface area contributed by atoms with Crippen LogP contribution in [-0.2, 0) is 6.42 Å². The minimum absolute atomic E-state index is 0.414. The molecule has 5 heterocycles. The van der Waals surface area contributed by atoms with Gasteiger partial charge in [0.15, 0.2) is 0 Å². The van der Waals surface area contributed by atoms with Crippen LogP contribution in [0.1, 0.15) is 18.2 Å². The zero-order valence-electron chi connectivity index (χ0n) is 46.0. The van der Waals surface area contributed by atoms with E-state index in [0.29, 0.717) is 5.92 Å². The van der Waals surface area contributed by atoms with Gasteiger partial charge in [0.2, 0.25) is 0 Å². The smallest absolute Gasteiger partial charge is 0.0632 e. The molecule has 5 aromatic heterocycles. The molecule has 12 aromatic carbocycles. The Bertz CT molecular complexity index is 5520. The van der Waals surface area contributed by atoms with Gasteiger partial charge in [-0.05, 0) is 114 Å². The van der Waals surface area contributed by atoms with E-state index in [2.05, 4.69) is 309 Å². The molecule has 1 unspecified atom stereocenters. The Kier molecular flexibility index (Phi) is 9.98. The molecular formula is C79H51N5. The molecule has 0 saturated heterocycles. The van der Waals surface area contributed by atoms with Crippen LogP contribution in [0.2, 0.25) is 0 Å². The van der Waals surface area contributed by atoms with Gasteiger partial charge in [0, 0.05) is 65.5 Å². The fraction of sp³-hybridized carbons (Fsp3) is 0.0380. The molecule has 17 aromatic rings. The van der Waals surface area contributed by atoms with Crippen molar-refractivity contribution in [1.82, 2.24) is 22.8 Å². The number of hydrogen-bond acceptors (Lipinski definition) is 0. The largest absolute Gasteiger partial charge is 0.313 e. The van der Waals surface area contributed by atoms with Crippen molar-refractivity contribution in [3.05, 3.63) is 290 Å². The highest BCUT2D eigenvalue weighted by Crippen LogP contribution is 2.46. The summed E-state index contributed by atoms with van der Waals surface area (Å²) in [6, 6.07) is 103. The predicted molar refractivity (Wildman–Crippen MR) is 351 cm³/mol. The van der Waals surface area contributed by atoms with E-state index in [0.717, 1.165) is 95.4 Å². The number of nitrogens with zero attached hydrogens (tertiary/aromatic N) is 5. The first-order chi connectivity index (χ1) is 41.6. The molecule has 0 saturated carbocycles. The van der Waals surface area contributed by atoms with Crippen LogP contribution in [0.4, 0.5) is 0 Å². The Morgan fingerprint density at radius 2 is 0.798 bits per heavy atom. The highest BCUT2D eigenvalue weighted by molar-refractivity contribution is 6.18. The second-order valence-electron chi connectivity index (χ2n) is 22.7. The van der Waals surface area contributed by atoms with Gasteiger partial charge in [0.25, 0.3) is 0 Å². The Labute approximate surface area is 484 Å². The highest BCUT2D eigenvalue weighted by atomic mass is 15.1. The molecule has 1 atom stereocenters. The molecule has 0 aliphatic heterocycles. The summed E-state index contributed by atoms with van der Waals surface area (Å²) < 4.78 is 12.5. The van der Waals surface area contributed by atoms with Crippen LogP contribution in [0.15, 0.2) is 267 Å². The van der Waals surface area contributed by atoms with Crippen molar-refractivity contribution in [1.29, 1.82) is 0 Å². The van der Waals surface area contributed by atoms with Gasteiger partial charge < -0.3 is 22.8 Å². The van der Waals surface area contributed by atoms with Crippen molar-refractivity contribution < 1.29 is 0 Å². The summed E-state index contributed by atoms with van der Waals surface area (Å²) in [5, 5.41) is 10.8. The van der Waals surface area contributed by atoms with E-state index < -0.39 is 0 Å². The van der Waals surface area contributed by atoms with Gasteiger partial charge in [-0.15, -0.1) is 0 Å². The minimum atomic E-state index is 0.414. The molecule has 0 radical (unpaired) electrons. The third-order valence-corrected chi connectivity index (χ3v) is 18.1. The lowest BCUT2D eigenvalue weighted by molar-refractivity contribution is 0.690. The molecule has 1 aliphatic carbocycles. The lowest BCUT2D eigenvalue weighted by Gasteiger charge is -2.20. The molecule has 84 heavy (non-hydrogen) atoms. The van der Waals surface area contributed by atoms with E-state index in [1.54, 1.807) is 0 Å². The van der Waals surface area contributed by atoms with Gasteiger partial charge in [-0.1, -0.05) is 201 Å². The molecule has 0 amide bonds. The zero-order chi connectivity index (χ0) is 55.1. The number of rotatable bonds is 7. The van der Waals surface area contributed by atoms with E-state index in [1.807, 2.05) is 6.07 Å². The van der Waals surface area contributed by atoms with E-state index in [-0.39, 0.29) is 0 Å². The molecule has 0 spiro atoms. The molecule has 0 fully saturated rings. The highest BCUT2D eigenvalue weighted by Gasteiger charge is 2.26. The minimum Gasteiger partial charge on any atom is -0.313 e. The summed E-state index contributed by atoms with van der Waals surface area (Å²) in [5.74, 6) is 0.414. The molecule has 5 heteroatoms. The lowest BCUT2D eigenvalue weighted by atomic mass is 9.95. The molecule has 18 rings (SSSR count). The Hall–Kier alpha value is -11.1. The van der Waals surface area contributed by atoms with E-state index >= 15 is 0 Å². The van der Waals surface area contributed by atoms with E-state index in [4.69, 9.17) is 0 Å². The fourth-order valence-corrected chi connectivity index (χ4v) is 14.6. The van der Waals surface area contributed by atoms with Crippen molar-refractivity contribution in [2.45, 2.75) is 13.3 Å². The molecular weight excluding hydrogens is 1020 g/mol. The van der Waals surface area contributed by atoms with E-state index in [9.17, 15) is 0 Å². The lowest BCUT2D eigenvalue weighted by Crippen LogP contribution is -2.10. The van der Waals surface area contributed by atoms with Crippen LogP contribution in [0, 0.1) is 18.1 Å². The maximum atomic E-state index is 3.45. The first-order valence-electron chi connectivity index (χ1n) is 29.1.